The Hall–Kier alpha value is -4.47. The van der Waals surface area contributed by atoms with E-state index in [9.17, 15) is 0 Å². The van der Waals surface area contributed by atoms with E-state index in [-0.39, 0.29) is 26.5 Å². The molecule has 1 unspecified atom stereocenters. The van der Waals surface area contributed by atoms with Gasteiger partial charge in [-0.25, -0.2) is 4.98 Å². The summed E-state index contributed by atoms with van der Waals surface area (Å²) in [5.74, 6) is 2.50. The van der Waals surface area contributed by atoms with Crippen LogP contribution in [0.3, 0.4) is 0 Å². The number of benzene rings is 4. The molecule has 0 saturated heterocycles. The van der Waals surface area contributed by atoms with Crippen LogP contribution in [0.25, 0.3) is 44.4 Å². The van der Waals surface area contributed by atoms with Gasteiger partial charge < -0.3 is 9.30 Å². The molecule has 0 bridgehead atoms. The number of aromatic nitrogens is 4. The third-order valence-electron chi connectivity index (χ3n) is 9.60. The third-order valence-corrected chi connectivity index (χ3v) is 9.60. The zero-order valence-corrected chi connectivity index (χ0v) is 31.5. The van der Waals surface area contributed by atoms with Gasteiger partial charge >= 0.3 is 21.1 Å². The van der Waals surface area contributed by atoms with Crippen molar-refractivity contribution in [2.24, 2.45) is 5.41 Å². The summed E-state index contributed by atoms with van der Waals surface area (Å²) in [6.45, 7) is 15.6. The van der Waals surface area contributed by atoms with Gasteiger partial charge in [-0.1, -0.05) is 89.0 Å². The van der Waals surface area contributed by atoms with Gasteiger partial charge in [-0.2, -0.15) is 17.2 Å². The van der Waals surface area contributed by atoms with Crippen LogP contribution in [0.15, 0.2) is 97.2 Å². The Morgan fingerprint density at radius 2 is 1.61 bits per heavy atom. The van der Waals surface area contributed by atoms with Crippen molar-refractivity contribution >= 4 is 21.8 Å². The maximum Gasteiger partial charge on any atom is 2.00 e. The molecule has 3 aromatic heterocycles. The maximum absolute atomic E-state index is 6.48. The SMILES string of the molecule is CCCc1ccnc(-n2c3[c-]c(Oc4[c-]c(-n5nc(C)c(-c6ccccc6)c5C)ccc4)ccc3c3cc(C(C)C(C)(C)C)ccc32)c1.[Pt+2]. The first-order chi connectivity index (χ1) is 23.1. The molecular formula is C43H42N4OPt. The number of hydrogen-bond acceptors (Lipinski definition) is 3. The van der Waals surface area contributed by atoms with Crippen LogP contribution in [0.4, 0.5) is 0 Å². The van der Waals surface area contributed by atoms with Gasteiger partial charge in [0, 0.05) is 34.5 Å². The first-order valence-electron chi connectivity index (χ1n) is 16.9. The topological polar surface area (TPSA) is 44.9 Å². The van der Waals surface area contributed by atoms with Crippen molar-refractivity contribution in [3.63, 3.8) is 0 Å². The Morgan fingerprint density at radius 3 is 2.37 bits per heavy atom. The van der Waals surface area contributed by atoms with Crippen molar-refractivity contribution in [1.29, 1.82) is 0 Å². The summed E-state index contributed by atoms with van der Waals surface area (Å²) in [4.78, 5) is 4.85. The zero-order chi connectivity index (χ0) is 33.6. The molecule has 0 N–H and O–H groups in total. The molecule has 5 nitrogen and oxygen atoms in total. The summed E-state index contributed by atoms with van der Waals surface area (Å²) >= 11 is 0. The van der Waals surface area contributed by atoms with Crippen LogP contribution >= 0.6 is 0 Å². The summed E-state index contributed by atoms with van der Waals surface area (Å²) in [6, 6.07) is 38.7. The molecule has 3 heterocycles. The van der Waals surface area contributed by atoms with E-state index in [1.807, 2.05) is 41.2 Å². The predicted octanol–water partition coefficient (Wildman–Crippen LogP) is 11.1. The van der Waals surface area contributed by atoms with E-state index >= 15 is 0 Å². The summed E-state index contributed by atoms with van der Waals surface area (Å²) in [6.07, 6.45) is 4.00. The molecule has 0 aliphatic rings. The molecule has 0 amide bonds. The minimum absolute atomic E-state index is 0. The fourth-order valence-electron chi connectivity index (χ4n) is 6.67. The van der Waals surface area contributed by atoms with Crippen molar-refractivity contribution in [2.75, 3.05) is 0 Å². The molecule has 0 radical (unpaired) electrons. The number of nitrogens with zero attached hydrogens (tertiary/aromatic N) is 4. The smallest absolute Gasteiger partial charge is 0.509 e. The predicted molar refractivity (Wildman–Crippen MR) is 197 cm³/mol. The summed E-state index contributed by atoms with van der Waals surface area (Å²) in [5, 5.41) is 7.19. The molecule has 6 heteroatoms. The van der Waals surface area contributed by atoms with Gasteiger partial charge in [-0.05, 0) is 77.6 Å². The van der Waals surface area contributed by atoms with E-state index in [4.69, 9.17) is 14.8 Å². The Labute approximate surface area is 304 Å². The normalized spacial score (nSPS) is 12.3. The Balaban J connectivity index is 0.00000417. The zero-order valence-electron chi connectivity index (χ0n) is 29.2. The van der Waals surface area contributed by atoms with Crippen molar-refractivity contribution in [2.45, 2.75) is 67.2 Å². The van der Waals surface area contributed by atoms with Gasteiger partial charge in [0.15, 0.2) is 0 Å². The maximum atomic E-state index is 6.48. The first kappa shape index (κ1) is 34.4. The van der Waals surface area contributed by atoms with Crippen LogP contribution in [-0.4, -0.2) is 19.3 Å². The van der Waals surface area contributed by atoms with Crippen molar-refractivity contribution in [1.82, 2.24) is 19.3 Å². The van der Waals surface area contributed by atoms with Gasteiger partial charge in [0.1, 0.15) is 5.82 Å². The van der Waals surface area contributed by atoms with Crippen LogP contribution in [0.2, 0.25) is 0 Å². The van der Waals surface area contributed by atoms with E-state index in [1.54, 1.807) is 0 Å². The number of ether oxygens (including phenoxy) is 1. The molecule has 0 aliphatic carbocycles. The molecule has 0 spiro atoms. The quantitative estimate of drug-likeness (QED) is 0.143. The van der Waals surface area contributed by atoms with E-state index in [1.165, 1.54) is 16.5 Å². The minimum Gasteiger partial charge on any atom is -0.509 e. The molecule has 4 aromatic carbocycles. The summed E-state index contributed by atoms with van der Waals surface area (Å²) in [7, 11) is 0. The molecule has 7 rings (SSSR count). The van der Waals surface area contributed by atoms with Crippen LogP contribution in [0.5, 0.6) is 11.5 Å². The molecule has 49 heavy (non-hydrogen) atoms. The average molecular weight is 826 g/mol. The Bertz CT molecular complexity index is 2260. The monoisotopic (exact) mass is 825 g/mol. The first-order valence-corrected chi connectivity index (χ1v) is 16.9. The van der Waals surface area contributed by atoms with E-state index < -0.39 is 0 Å². The number of fused-ring (bicyclic) bond motifs is 3. The van der Waals surface area contributed by atoms with Crippen LogP contribution in [0.1, 0.15) is 69.5 Å². The molecule has 0 fully saturated rings. The second kappa shape index (κ2) is 13.8. The fourth-order valence-corrected chi connectivity index (χ4v) is 6.67. The number of hydrogen-bond donors (Lipinski definition) is 0. The van der Waals surface area contributed by atoms with Gasteiger partial charge in [-0.15, -0.1) is 35.7 Å². The third kappa shape index (κ3) is 6.62. The van der Waals surface area contributed by atoms with E-state index in [0.717, 1.165) is 63.3 Å². The second-order valence-corrected chi connectivity index (χ2v) is 13.9. The Kier molecular flexibility index (Phi) is 9.69. The number of pyridine rings is 1. The van der Waals surface area contributed by atoms with Crippen LogP contribution in [-0.2, 0) is 27.5 Å². The van der Waals surface area contributed by atoms with Crippen LogP contribution < -0.4 is 4.74 Å². The molecule has 1 atom stereocenters. The molecule has 0 saturated carbocycles. The average Bonchev–Trinajstić information content (AvgIpc) is 3.56. The van der Waals surface area contributed by atoms with Crippen molar-refractivity contribution in [3.05, 3.63) is 132 Å². The Morgan fingerprint density at radius 1 is 0.837 bits per heavy atom. The minimum atomic E-state index is 0. The molecular weight excluding hydrogens is 784 g/mol. The summed E-state index contributed by atoms with van der Waals surface area (Å²) in [5.41, 5.74) is 9.94. The van der Waals surface area contributed by atoms with E-state index in [2.05, 4.69) is 126 Å². The summed E-state index contributed by atoms with van der Waals surface area (Å²) < 4.78 is 10.7. The van der Waals surface area contributed by atoms with Crippen molar-refractivity contribution in [3.8, 4) is 34.1 Å². The fraction of sp³-hybridized carbons (Fsp3) is 0.256. The van der Waals surface area contributed by atoms with Gasteiger partial charge in [0.2, 0.25) is 0 Å². The standard InChI is InChI=1S/C43H42N4O.Pt/c1-8-13-31-22-23-44-41(24-31)46-39-21-18-33(28(2)43(5,6)7)25-38(39)37-20-19-36(27-40(37)46)48-35-17-12-16-34(26-35)47-30(4)42(29(3)45-47)32-14-10-9-11-15-32;/h9-12,14-25,28H,8,13H2,1-7H3;/q-2;+2. The van der Waals surface area contributed by atoms with Gasteiger partial charge in [0.05, 0.1) is 5.69 Å². The molecule has 0 aliphatic heterocycles. The number of aryl methyl sites for hydroxylation is 2. The van der Waals surface area contributed by atoms with Gasteiger partial charge in [0.25, 0.3) is 0 Å². The van der Waals surface area contributed by atoms with E-state index in [0.29, 0.717) is 17.4 Å². The molecule has 7 aromatic rings. The number of rotatable bonds is 8. The van der Waals surface area contributed by atoms with Gasteiger partial charge in [-0.3, -0.25) is 4.68 Å². The second-order valence-electron chi connectivity index (χ2n) is 13.9. The van der Waals surface area contributed by atoms with Crippen LogP contribution in [0, 0.1) is 31.4 Å². The largest absolute Gasteiger partial charge is 2.00 e. The molecule has 250 valence electrons. The van der Waals surface area contributed by atoms with Crippen molar-refractivity contribution < 1.29 is 25.8 Å².